The lowest BCUT2D eigenvalue weighted by Gasteiger charge is -2.23. The first kappa shape index (κ1) is 12.4. The van der Waals surface area contributed by atoms with Crippen LogP contribution in [-0.2, 0) is 4.74 Å². The Morgan fingerprint density at radius 2 is 2.15 bits per heavy atom. The normalized spacial score (nSPS) is 11.2. The Kier molecular flexibility index (Phi) is 6.56. The van der Waals surface area contributed by atoms with E-state index in [0.717, 1.165) is 26.1 Å². The highest BCUT2D eigenvalue weighted by atomic mass is 16.5. The highest BCUT2D eigenvalue weighted by molar-refractivity contribution is 4.78. The molecule has 0 bridgehead atoms. The first-order valence-corrected chi connectivity index (χ1v) is 4.69. The zero-order valence-corrected chi connectivity index (χ0v) is 8.89. The van der Waals surface area contributed by atoms with Gasteiger partial charge in [0.25, 0.3) is 0 Å². The van der Waals surface area contributed by atoms with Crippen LogP contribution in [0.3, 0.4) is 0 Å². The summed E-state index contributed by atoms with van der Waals surface area (Å²) in [6.07, 6.45) is 1.59. The van der Waals surface area contributed by atoms with Gasteiger partial charge in [-0.05, 0) is 11.8 Å². The molecule has 0 fully saturated rings. The van der Waals surface area contributed by atoms with Gasteiger partial charge in [-0.2, -0.15) is 5.26 Å². The molecule has 3 nitrogen and oxygen atoms in total. The van der Waals surface area contributed by atoms with E-state index in [2.05, 4.69) is 25.2 Å². The summed E-state index contributed by atoms with van der Waals surface area (Å²) in [6.45, 7) is 6.91. The maximum Gasteiger partial charge on any atom is 0.0621 e. The van der Waals surface area contributed by atoms with Crippen LogP contribution in [0.2, 0.25) is 0 Å². The molecular weight excluding hydrogens is 164 g/mol. The van der Waals surface area contributed by atoms with E-state index in [1.807, 2.05) is 0 Å². The number of ether oxygens (including phenoxy) is 1. The number of nitrogens with one attached hydrogen (secondary N) is 1. The van der Waals surface area contributed by atoms with Gasteiger partial charge >= 0.3 is 0 Å². The second kappa shape index (κ2) is 6.88. The van der Waals surface area contributed by atoms with E-state index in [4.69, 9.17) is 10.00 Å². The Bertz CT molecular complexity index is 161. The molecule has 0 saturated carbocycles. The average molecular weight is 184 g/mol. The summed E-state index contributed by atoms with van der Waals surface area (Å²) in [5.74, 6) is 0. The molecule has 0 aliphatic carbocycles. The third-order valence-electron chi connectivity index (χ3n) is 2.00. The summed E-state index contributed by atoms with van der Waals surface area (Å²) >= 11 is 0. The molecule has 0 saturated heterocycles. The molecule has 0 aromatic heterocycles. The third kappa shape index (κ3) is 7.76. The molecule has 0 aromatic rings. The van der Waals surface area contributed by atoms with Crippen LogP contribution in [0.25, 0.3) is 0 Å². The van der Waals surface area contributed by atoms with Crippen molar-refractivity contribution >= 4 is 0 Å². The monoisotopic (exact) mass is 184 g/mol. The zero-order chi connectivity index (χ0) is 10.2. The topological polar surface area (TPSA) is 45.0 Å². The van der Waals surface area contributed by atoms with Crippen LogP contribution in [0.15, 0.2) is 0 Å². The number of hydrogen-bond donors (Lipinski definition) is 1. The molecule has 0 rings (SSSR count). The highest BCUT2D eigenvalue weighted by Crippen LogP contribution is 2.20. The molecule has 0 aliphatic rings. The van der Waals surface area contributed by atoms with Crippen molar-refractivity contribution in [2.75, 3.05) is 26.8 Å². The van der Waals surface area contributed by atoms with E-state index < -0.39 is 0 Å². The van der Waals surface area contributed by atoms with Gasteiger partial charge in [0.1, 0.15) is 0 Å². The van der Waals surface area contributed by atoms with E-state index in [1.165, 1.54) is 0 Å². The second-order valence-electron chi connectivity index (χ2n) is 3.99. The van der Waals surface area contributed by atoms with Crippen LogP contribution in [0, 0.1) is 16.7 Å². The van der Waals surface area contributed by atoms with Crippen molar-refractivity contribution in [1.82, 2.24) is 5.32 Å². The van der Waals surface area contributed by atoms with Crippen molar-refractivity contribution in [3.63, 3.8) is 0 Å². The van der Waals surface area contributed by atoms with Crippen LogP contribution < -0.4 is 5.32 Å². The predicted molar refractivity (Wildman–Crippen MR) is 53.4 cm³/mol. The van der Waals surface area contributed by atoms with E-state index in [1.54, 1.807) is 7.11 Å². The lowest BCUT2D eigenvalue weighted by atomic mass is 9.88. The predicted octanol–water partition coefficient (Wildman–Crippen LogP) is 1.55. The van der Waals surface area contributed by atoms with Crippen molar-refractivity contribution in [1.29, 1.82) is 5.26 Å². The fourth-order valence-electron chi connectivity index (χ4n) is 1.08. The summed E-state index contributed by atoms with van der Waals surface area (Å²) < 4.78 is 4.92. The number of nitrogens with zero attached hydrogens (tertiary/aromatic N) is 1. The Labute approximate surface area is 81.1 Å². The number of rotatable bonds is 7. The minimum atomic E-state index is 0.212. The van der Waals surface area contributed by atoms with Crippen LogP contribution >= 0.6 is 0 Å². The van der Waals surface area contributed by atoms with Gasteiger partial charge in [0.15, 0.2) is 0 Å². The molecule has 0 spiro atoms. The van der Waals surface area contributed by atoms with Crippen LogP contribution in [0.4, 0.5) is 0 Å². The van der Waals surface area contributed by atoms with E-state index in [-0.39, 0.29) is 5.41 Å². The molecule has 0 aliphatic heterocycles. The molecule has 1 N–H and O–H groups in total. The number of hydrogen-bond acceptors (Lipinski definition) is 3. The van der Waals surface area contributed by atoms with Gasteiger partial charge in [0.05, 0.1) is 12.7 Å². The Hall–Kier alpha value is -0.590. The molecule has 13 heavy (non-hydrogen) atoms. The fourth-order valence-corrected chi connectivity index (χ4v) is 1.08. The van der Waals surface area contributed by atoms with Crippen LogP contribution in [0.1, 0.15) is 26.7 Å². The van der Waals surface area contributed by atoms with Crippen molar-refractivity contribution < 1.29 is 4.74 Å². The van der Waals surface area contributed by atoms with Gasteiger partial charge in [0.2, 0.25) is 0 Å². The SMILES string of the molecule is COCCNCC(C)(C)CCC#N. The quantitative estimate of drug-likeness (QED) is 0.611. The average Bonchev–Trinajstić information content (AvgIpc) is 2.09. The summed E-state index contributed by atoms with van der Waals surface area (Å²) in [4.78, 5) is 0. The molecule has 0 amide bonds. The van der Waals surface area contributed by atoms with E-state index in [0.29, 0.717) is 6.42 Å². The summed E-state index contributed by atoms with van der Waals surface area (Å²) in [5.41, 5.74) is 0.212. The molecule has 0 aromatic carbocycles. The van der Waals surface area contributed by atoms with Gasteiger partial charge in [-0.25, -0.2) is 0 Å². The first-order valence-electron chi connectivity index (χ1n) is 4.69. The van der Waals surface area contributed by atoms with Crippen LogP contribution in [0.5, 0.6) is 0 Å². The third-order valence-corrected chi connectivity index (χ3v) is 2.00. The lowest BCUT2D eigenvalue weighted by molar-refractivity contribution is 0.193. The van der Waals surface area contributed by atoms with Gasteiger partial charge < -0.3 is 10.1 Å². The zero-order valence-electron chi connectivity index (χ0n) is 8.89. The molecular formula is C10H20N2O. The van der Waals surface area contributed by atoms with E-state index in [9.17, 15) is 0 Å². The Morgan fingerprint density at radius 1 is 1.46 bits per heavy atom. The van der Waals surface area contributed by atoms with Gasteiger partial charge in [-0.15, -0.1) is 0 Å². The van der Waals surface area contributed by atoms with Gasteiger partial charge in [-0.1, -0.05) is 13.8 Å². The Morgan fingerprint density at radius 3 is 2.69 bits per heavy atom. The van der Waals surface area contributed by atoms with Crippen molar-refractivity contribution in [3.05, 3.63) is 0 Å². The minimum Gasteiger partial charge on any atom is -0.383 e. The van der Waals surface area contributed by atoms with Crippen molar-refractivity contribution in [2.45, 2.75) is 26.7 Å². The molecule has 76 valence electrons. The maximum atomic E-state index is 8.45. The molecule has 0 unspecified atom stereocenters. The van der Waals surface area contributed by atoms with Gasteiger partial charge in [0, 0.05) is 26.6 Å². The van der Waals surface area contributed by atoms with Crippen LogP contribution in [-0.4, -0.2) is 26.8 Å². The summed E-state index contributed by atoms with van der Waals surface area (Å²) in [7, 11) is 1.70. The van der Waals surface area contributed by atoms with Crippen molar-refractivity contribution in [3.8, 4) is 6.07 Å². The van der Waals surface area contributed by atoms with Crippen molar-refractivity contribution in [2.24, 2.45) is 5.41 Å². The van der Waals surface area contributed by atoms with Gasteiger partial charge in [-0.3, -0.25) is 0 Å². The number of methoxy groups -OCH3 is 1. The highest BCUT2D eigenvalue weighted by Gasteiger charge is 2.16. The molecule has 0 radical (unpaired) electrons. The summed E-state index contributed by atoms with van der Waals surface area (Å²) in [6, 6.07) is 2.17. The fraction of sp³-hybridized carbons (Fsp3) is 0.900. The standard InChI is InChI=1S/C10H20N2O/c1-10(2,5-4-6-11)9-12-7-8-13-3/h12H,4-5,7-9H2,1-3H3. The largest absolute Gasteiger partial charge is 0.383 e. The molecule has 0 atom stereocenters. The number of nitriles is 1. The first-order chi connectivity index (χ1) is 6.12. The Balaban J connectivity index is 3.45. The van der Waals surface area contributed by atoms with E-state index >= 15 is 0 Å². The minimum absolute atomic E-state index is 0.212. The smallest absolute Gasteiger partial charge is 0.0621 e. The molecule has 3 heteroatoms. The molecule has 0 heterocycles. The lowest BCUT2D eigenvalue weighted by Crippen LogP contribution is -2.31. The maximum absolute atomic E-state index is 8.45. The second-order valence-corrected chi connectivity index (χ2v) is 3.99. The summed E-state index contributed by atoms with van der Waals surface area (Å²) in [5, 5.41) is 11.7.